The standard InChI is InChI=1S/C14H10ClFN2O2S/c15-11-4-3-5-12(16)10(11)8-18-9-17-21(19,20)14-7-2-1-6-13(14)18/h1-7,9H,8H2. The van der Waals surface area contributed by atoms with Gasteiger partial charge < -0.3 is 4.90 Å². The average molecular weight is 325 g/mol. The van der Waals surface area contributed by atoms with E-state index in [1.165, 1.54) is 24.5 Å². The topological polar surface area (TPSA) is 49.7 Å². The summed E-state index contributed by atoms with van der Waals surface area (Å²) in [5.74, 6) is -0.443. The number of hydrogen-bond acceptors (Lipinski definition) is 3. The molecule has 2 aromatic carbocycles. The number of rotatable bonds is 2. The zero-order valence-electron chi connectivity index (χ0n) is 10.7. The molecule has 7 heteroatoms. The van der Waals surface area contributed by atoms with E-state index in [1.54, 1.807) is 29.2 Å². The van der Waals surface area contributed by atoms with E-state index < -0.39 is 15.8 Å². The molecule has 4 nitrogen and oxygen atoms in total. The Morgan fingerprint density at radius 3 is 2.67 bits per heavy atom. The predicted molar refractivity (Wildman–Crippen MR) is 79.7 cm³/mol. The van der Waals surface area contributed by atoms with Crippen molar-refractivity contribution in [1.82, 2.24) is 0 Å². The zero-order valence-corrected chi connectivity index (χ0v) is 12.3. The SMILES string of the molecule is O=S1(=O)N=CN(Cc2c(F)cccc2Cl)c2ccccc21. The maximum atomic E-state index is 13.9. The van der Waals surface area contributed by atoms with Crippen LogP contribution < -0.4 is 4.90 Å². The van der Waals surface area contributed by atoms with Gasteiger partial charge in [-0.3, -0.25) is 0 Å². The third-order valence-electron chi connectivity index (χ3n) is 3.17. The molecule has 0 amide bonds. The monoisotopic (exact) mass is 324 g/mol. The largest absolute Gasteiger partial charge is 0.326 e. The number of halogens is 2. The third kappa shape index (κ3) is 2.52. The second-order valence-electron chi connectivity index (χ2n) is 4.49. The molecule has 1 aliphatic heterocycles. The summed E-state index contributed by atoms with van der Waals surface area (Å²) in [7, 11) is -3.69. The molecule has 1 aliphatic rings. The lowest BCUT2D eigenvalue weighted by Gasteiger charge is -2.25. The number of hydrogen-bond donors (Lipinski definition) is 0. The fraction of sp³-hybridized carbons (Fsp3) is 0.0714. The normalized spacial score (nSPS) is 15.8. The Labute approximate surface area is 126 Å². The molecule has 0 bridgehead atoms. The van der Waals surface area contributed by atoms with Crippen molar-refractivity contribution in [2.24, 2.45) is 4.40 Å². The molecule has 1 heterocycles. The van der Waals surface area contributed by atoms with Crippen molar-refractivity contribution >= 4 is 33.7 Å². The van der Waals surface area contributed by atoms with Crippen LogP contribution in [0.4, 0.5) is 10.1 Å². The van der Waals surface area contributed by atoms with Gasteiger partial charge in [0, 0.05) is 10.6 Å². The predicted octanol–water partition coefficient (Wildman–Crippen LogP) is 3.22. The van der Waals surface area contributed by atoms with Crippen LogP contribution in [0, 0.1) is 5.82 Å². The second kappa shape index (κ2) is 5.13. The highest BCUT2D eigenvalue weighted by molar-refractivity contribution is 7.90. The molecule has 0 unspecified atom stereocenters. The Balaban J connectivity index is 2.06. The van der Waals surface area contributed by atoms with Crippen LogP contribution in [-0.4, -0.2) is 14.8 Å². The van der Waals surface area contributed by atoms with Gasteiger partial charge in [-0.05, 0) is 24.3 Å². The first-order valence-corrected chi connectivity index (χ1v) is 7.90. The molecular weight excluding hydrogens is 315 g/mol. The highest BCUT2D eigenvalue weighted by atomic mass is 35.5. The van der Waals surface area contributed by atoms with Crippen LogP contribution in [0.25, 0.3) is 0 Å². The van der Waals surface area contributed by atoms with Crippen LogP contribution in [0.3, 0.4) is 0 Å². The minimum Gasteiger partial charge on any atom is -0.326 e. The molecule has 3 rings (SSSR count). The van der Waals surface area contributed by atoms with Crippen LogP contribution in [0.2, 0.25) is 5.02 Å². The quantitative estimate of drug-likeness (QED) is 0.852. The maximum absolute atomic E-state index is 13.9. The third-order valence-corrected chi connectivity index (χ3v) is 4.80. The second-order valence-corrected chi connectivity index (χ2v) is 6.50. The molecule has 0 aliphatic carbocycles. The lowest BCUT2D eigenvalue weighted by Crippen LogP contribution is -2.27. The molecular formula is C14H10ClFN2O2S. The summed E-state index contributed by atoms with van der Waals surface area (Å²) in [5.41, 5.74) is 0.742. The fourth-order valence-corrected chi connectivity index (χ4v) is 3.40. The van der Waals surface area contributed by atoms with Crippen LogP contribution in [0.15, 0.2) is 51.8 Å². The van der Waals surface area contributed by atoms with Crippen molar-refractivity contribution in [3.8, 4) is 0 Å². The lowest BCUT2D eigenvalue weighted by atomic mass is 10.2. The number of sulfonamides is 1. The minimum absolute atomic E-state index is 0.0972. The Kier molecular flexibility index (Phi) is 3.43. The average Bonchev–Trinajstić information content (AvgIpc) is 2.45. The first kappa shape index (κ1) is 14.0. The van der Waals surface area contributed by atoms with Crippen molar-refractivity contribution in [3.05, 3.63) is 58.9 Å². The summed E-state index contributed by atoms with van der Waals surface area (Å²) in [6.07, 6.45) is 1.18. The molecule has 0 saturated heterocycles. The Bertz CT molecular complexity index is 816. The number of anilines is 1. The molecule has 108 valence electrons. The molecule has 0 fully saturated rings. The summed E-state index contributed by atoms with van der Waals surface area (Å²) in [5, 5.41) is 0.286. The van der Waals surface area contributed by atoms with Gasteiger partial charge in [-0.2, -0.15) is 8.42 Å². The van der Waals surface area contributed by atoms with Crippen molar-refractivity contribution in [2.75, 3.05) is 4.90 Å². The smallest absolute Gasteiger partial charge is 0.285 e. The minimum atomic E-state index is -3.69. The molecule has 2 aromatic rings. The molecule has 0 N–H and O–H groups in total. The van der Waals surface area contributed by atoms with E-state index in [-0.39, 0.29) is 16.5 Å². The number of fused-ring (bicyclic) bond motifs is 1. The fourth-order valence-electron chi connectivity index (χ4n) is 2.13. The van der Waals surface area contributed by atoms with Gasteiger partial charge in [-0.25, -0.2) is 4.39 Å². The number of para-hydroxylation sites is 1. The van der Waals surface area contributed by atoms with Crippen LogP contribution in [0.1, 0.15) is 5.56 Å². The van der Waals surface area contributed by atoms with Crippen LogP contribution in [-0.2, 0) is 16.6 Å². The van der Waals surface area contributed by atoms with E-state index in [2.05, 4.69) is 4.40 Å². The van der Waals surface area contributed by atoms with E-state index in [4.69, 9.17) is 11.6 Å². The molecule has 21 heavy (non-hydrogen) atoms. The van der Waals surface area contributed by atoms with Gasteiger partial charge in [0.2, 0.25) is 0 Å². The summed E-state index contributed by atoms with van der Waals surface area (Å²) in [6.45, 7) is 0.0987. The lowest BCUT2D eigenvalue weighted by molar-refractivity contribution is 0.596. The zero-order chi connectivity index (χ0) is 15.0. The van der Waals surface area contributed by atoms with Gasteiger partial charge in [-0.15, -0.1) is 4.40 Å². The highest BCUT2D eigenvalue weighted by Gasteiger charge is 2.25. The Morgan fingerprint density at radius 2 is 1.90 bits per heavy atom. The first-order valence-electron chi connectivity index (χ1n) is 6.08. The van der Waals surface area contributed by atoms with E-state index >= 15 is 0 Å². The van der Waals surface area contributed by atoms with E-state index in [9.17, 15) is 12.8 Å². The van der Waals surface area contributed by atoms with Crippen molar-refractivity contribution in [1.29, 1.82) is 0 Å². The van der Waals surface area contributed by atoms with Crippen molar-refractivity contribution in [3.63, 3.8) is 0 Å². The number of nitrogens with zero attached hydrogens (tertiary/aromatic N) is 2. The molecule has 0 radical (unpaired) electrons. The maximum Gasteiger partial charge on any atom is 0.285 e. The van der Waals surface area contributed by atoms with E-state index in [0.29, 0.717) is 11.3 Å². The van der Waals surface area contributed by atoms with Gasteiger partial charge in [0.1, 0.15) is 17.1 Å². The van der Waals surface area contributed by atoms with Gasteiger partial charge in [-0.1, -0.05) is 29.8 Å². The van der Waals surface area contributed by atoms with E-state index in [1.807, 2.05) is 0 Å². The van der Waals surface area contributed by atoms with E-state index in [0.717, 1.165) is 0 Å². The molecule has 0 spiro atoms. The Morgan fingerprint density at radius 1 is 1.14 bits per heavy atom. The van der Waals surface area contributed by atoms with Crippen molar-refractivity contribution in [2.45, 2.75) is 11.4 Å². The number of benzene rings is 2. The summed E-state index contributed by atoms with van der Waals surface area (Å²) in [4.78, 5) is 1.65. The molecule has 0 saturated carbocycles. The van der Waals surface area contributed by atoms with Gasteiger partial charge >= 0.3 is 0 Å². The van der Waals surface area contributed by atoms with Gasteiger partial charge in [0.25, 0.3) is 10.0 Å². The Hall–Kier alpha value is -1.92. The summed E-state index contributed by atoms with van der Waals surface area (Å²) >= 11 is 6.00. The highest BCUT2D eigenvalue weighted by Crippen LogP contribution is 2.31. The van der Waals surface area contributed by atoms with Gasteiger partial charge in [0.05, 0.1) is 12.2 Å². The van der Waals surface area contributed by atoms with Crippen molar-refractivity contribution < 1.29 is 12.8 Å². The first-order chi connectivity index (χ1) is 9.99. The summed E-state index contributed by atoms with van der Waals surface area (Å²) < 4.78 is 41.2. The summed E-state index contributed by atoms with van der Waals surface area (Å²) in [6, 6.07) is 10.9. The van der Waals surface area contributed by atoms with Crippen LogP contribution >= 0.6 is 11.6 Å². The van der Waals surface area contributed by atoms with Crippen LogP contribution in [0.5, 0.6) is 0 Å². The molecule has 0 aromatic heterocycles. The van der Waals surface area contributed by atoms with Gasteiger partial charge in [0.15, 0.2) is 0 Å². The molecule has 0 atom stereocenters.